The summed E-state index contributed by atoms with van der Waals surface area (Å²) in [6, 6.07) is 18.7. The molecule has 0 unspecified atom stereocenters. The zero-order valence-electron chi connectivity index (χ0n) is 21.3. The average Bonchev–Trinajstić information content (AvgIpc) is 3.24. The molecule has 0 N–H and O–H groups in total. The molecule has 180 valence electrons. The number of hydrogen-bond donors (Lipinski definition) is 0. The van der Waals surface area contributed by atoms with Gasteiger partial charge in [-0.2, -0.15) is 0 Å². The number of anilines is 1. The van der Waals surface area contributed by atoms with E-state index in [2.05, 4.69) is 81.0 Å². The molecular formula is C27H40N2O3Si. The van der Waals surface area contributed by atoms with Gasteiger partial charge in [-0.3, -0.25) is 4.90 Å². The highest BCUT2D eigenvalue weighted by molar-refractivity contribution is 6.74. The number of likely N-dealkylation sites (tertiary alicyclic amines) is 1. The number of hydrogen-bond acceptors (Lipinski definition) is 5. The van der Waals surface area contributed by atoms with Crippen molar-refractivity contribution in [2.75, 3.05) is 38.7 Å². The van der Waals surface area contributed by atoms with Crippen molar-refractivity contribution in [2.24, 2.45) is 0 Å². The van der Waals surface area contributed by atoms with Crippen LogP contribution in [-0.2, 0) is 9.16 Å². The molecule has 2 aromatic carbocycles. The smallest absolute Gasteiger partial charge is 0.337 e. The van der Waals surface area contributed by atoms with Gasteiger partial charge in [-0.15, -0.1) is 0 Å². The second kappa shape index (κ2) is 10.4. The van der Waals surface area contributed by atoms with Crippen LogP contribution in [0.4, 0.5) is 5.69 Å². The molecule has 1 aliphatic rings. The Bertz CT molecular complexity index is 909. The maximum absolute atomic E-state index is 11.8. The van der Waals surface area contributed by atoms with E-state index in [0.29, 0.717) is 11.7 Å². The lowest BCUT2D eigenvalue weighted by molar-refractivity contribution is 0.0600. The number of esters is 1. The van der Waals surface area contributed by atoms with Crippen molar-refractivity contribution < 1.29 is 14.0 Å². The van der Waals surface area contributed by atoms with Crippen LogP contribution in [0.5, 0.6) is 0 Å². The lowest BCUT2D eigenvalue weighted by Crippen LogP contribution is -2.45. The molecular weight excluding hydrogens is 428 g/mol. The first-order valence-corrected chi connectivity index (χ1v) is 14.8. The van der Waals surface area contributed by atoms with E-state index in [1.807, 2.05) is 24.3 Å². The molecule has 0 bridgehead atoms. The number of carbonyl (C=O) groups is 1. The van der Waals surface area contributed by atoms with Crippen LogP contribution in [0.3, 0.4) is 0 Å². The Morgan fingerprint density at radius 2 is 1.76 bits per heavy atom. The third-order valence-corrected chi connectivity index (χ3v) is 11.8. The number of likely N-dealkylation sites (N-methyl/N-ethyl adjacent to an activating group) is 1. The third-order valence-electron chi connectivity index (χ3n) is 7.25. The van der Waals surface area contributed by atoms with Crippen LogP contribution in [0.25, 0.3) is 0 Å². The predicted molar refractivity (Wildman–Crippen MR) is 138 cm³/mol. The molecule has 6 heteroatoms. The van der Waals surface area contributed by atoms with Gasteiger partial charge in [0.05, 0.1) is 24.8 Å². The van der Waals surface area contributed by atoms with Crippen LogP contribution in [0, 0.1) is 0 Å². The van der Waals surface area contributed by atoms with Gasteiger partial charge in [0.25, 0.3) is 0 Å². The number of nitrogens with zero attached hydrogens (tertiary/aromatic N) is 2. The summed E-state index contributed by atoms with van der Waals surface area (Å²) >= 11 is 0. The van der Waals surface area contributed by atoms with Crippen molar-refractivity contribution in [3.05, 3.63) is 65.7 Å². The molecule has 2 aromatic rings. The van der Waals surface area contributed by atoms with E-state index < -0.39 is 8.32 Å². The molecule has 1 saturated heterocycles. The van der Waals surface area contributed by atoms with Crippen molar-refractivity contribution in [1.82, 2.24) is 4.90 Å². The van der Waals surface area contributed by atoms with E-state index in [1.54, 1.807) is 0 Å². The minimum atomic E-state index is -1.79. The van der Waals surface area contributed by atoms with E-state index in [1.165, 1.54) is 12.7 Å². The average molecular weight is 469 g/mol. The Morgan fingerprint density at radius 3 is 2.33 bits per heavy atom. The van der Waals surface area contributed by atoms with Crippen molar-refractivity contribution in [1.29, 1.82) is 0 Å². The summed E-state index contributed by atoms with van der Waals surface area (Å²) in [5.41, 5.74) is 2.97. The molecule has 0 radical (unpaired) electrons. The van der Waals surface area contributed by atoms with E-state index >= 15 is 0 Å². The topological polar surface area (TPSA) is 42.0 Å². The summed E-state index contributed by atoms with van der Waals surface area (Å²) < 4.78 is 11.6. The summed E-state index contributed by atoms with van der Waals surface area (Å²) in [5, 5.41) is 0.218. The monoisotopic (exact) mass is 468 g/mol. The Hall–Kier alpha value is -2.15. The van der Waals surface area contributed by atoms with Gasteiger partial charge in [-0.05, 0) is 54.4 Å². The number of methoxy groups -OCH3 is 1. The standard InChI is InChI=1S/C27H40N2O3Si/c1-27(2,3)33(6,7)32-24-17-18-29(19-24)25(21-11-9-8-10-12-21)20-28(4)23-15-13-22(14-16-23)26(30)31-5/h8-16,24-25H,17-20H2,1-7H3/t24-,25-/m0/s1. The molecule has 2 atom stereocenters. The Labute approximate surface area is 200 Å². The summed E-state index contributed by atoms with van der Waals surface area (Å²) in [5.74, 6) is -0.309. The van der Waals surface area contributed by atoms with Gasteiger partial charge in [-0.1, -0.05) is 51.1 Å². The minimum absolute atomic E-state index is 0.218. The summed E-state index contributed by atoms with van der Waals surface area (Å²) in [4.78, 5) is 16.6. The van der Waals surface area contributed by atoms with E-state index in [9.17, 15) is 4.79 Å². The summed E-state index contributed by atoms with van der Waals surface area (Å²) in [6.07, 6.45) is 1.37. The highest BCUT2D eigenvalue weighted by Gasteiger charge is 2.41. The zero-order chi connectivity index (χ0) is 24.2. The normalized spacial score (nSPS) is 18.2. The maximum atomic E-state index is 11.8. The highest BCUT2D eigenvalue weighted by Crippen LogP contribution is 2.39. The number of rotatable bonds is 8. The highest BCUT2D eigenvalue weighted by atomic mass is 28.4. The summed E-state index contributed by atoms with van der Waals surface area (Å²) in [6.45, 7) is 14.5. The zero-order valence-corrected chi connectivity index (χ0v) is 22.3. The van der Waals surface area contributed by atoms with Crippen LogP contribution in [0.1, 0.15) is 49.2 Å². The lowest BCUT2D eigenvalue weighted by atomic mass is 10.0. The van der Waals surface area contributed by atoms with Crippen LogP contribution < -0.4 is 4.90 Å². The molecule has 33 heavy (non-hydrogen) atoms. The van der Waals surface area contributed by atoms with Crippen molar-refractivity contribution in [3.8, 4) is 0 Å². The molecule has 1 aliphatic heterocycles. The third kappa shape index (κ3) is 6.25. The molecule has 1 heterocycles. The van der Waals surface area contributed by atoms with Crippen LogP contribution in [0.15, 0.2) is 54.6 Å². The van der Waals surface area contributed by atoms with Crippen LogP contribution in [-0.4, -0.2) is 59.1 Å². The Balaban J connectivity index is 1.74. The number of carbonyl (C=O) groups excluding carboxylic acids is 1. The van der Waals surface area contributed by atoms with Gasteiger partial charge in [0.1, 0.15) is 0 Å². The fourth-order valence-electron chi connectivity index (χ4n) is 4.17. The first kappa shape index (κ1) is 25.5. The van der Waals surface area contributed by atoms with Crippen LogP contribution >= 0.6 is 0 Å². The largest absolute Gasteiger partial charge is 0.465 e. The predicted octanol–water partition coefficient (Wildman–Crippen LogP) is 5.75. The fourth-order valence-corrected chi connectivity index (χ4v) is 5.55. The Morgan fingerprint density at radius 1 is 1.12 bits per heavy atom. The van der Waals surface area contributed by atoms with E-state index in [-0.39, 0.29) is 17.0 Å². The molecule has 3 rings (SSSR count). The molecule has 0 amide bonds. The van der Waals surface area contributed by atoms with Crippen molar-refractivity contribution in [3.63, 3.8) is 0 Å². The molecule has 0 aromatic heterocycles. The molecule has 5 nitrogen and oxygen atoms in total. The number of ether oxygens (including phenoxy) is 1. The van der Waals surface area contributed by atoms with Gasteiger partial charge in [0.2, 0.25) is 0 Å². The maximum Gasteiger partial charge on any atom is 0.337 e. The van der Waals surface area contributed by atoms with Gasteiger partial charge in [0.15, 0.2) is 8.32 Å². The molecule has 0 spiro atoms. The van der Waals surface area contributed by atoms with Crippen molar-refractivity contribution in [2.45, 2.75) is 57.5 Å². The Kier molecular flexibility index (Phi) is 8.03. The lowest BCUT2D eigenvalue weighted by Gasteiger charge is -2.39. The molecule has 0 saturated carbocycles. The second-order valence-corrected chi connectivity index (χ2v) is 15.4. The molecule has 0 aliphatic carbocycles. The van der Waals surface area contributed by atoms with Crippen molar-refractivity contribution >= 4 is 20.0 Å². The summed E-state index contributed by atoms with van der Waals surface area (Å²) in [7, 11) is 1.73. The fraction of sp³-hybridized carbons (Fsp3) is 0.519. The van der Waals surface area contributed by atoms with Gasteiger partial charge < -0.3 is 14.1 Å². The quantitative estimate of drug-likeness (QED) is 0.365. The first-order valence-electron chi connectivity index (χ1n) is 11.9. The van der Waals surface area contributed by atoms with E-state index in [4.69, 9.17) is 9.16 Å². The SMILES string of the molecule is COC(=O)c1ccc(N(C)C[C@@H](c2ccccc2)N2CC[C@H](O[Si](C)(C)C(C)(C)C)C2)cc1. The number of benzene rings is 2. The van der Waals surface area contributed by atoms with Gasteiger partial charge >= 0.3 is 5.97 Å². The van der Waals surface area contributed by atoms with Gasteiger partial charge in [-0.25, -0.2) is 4.79 Å². The van der Waals surface area contributed by atoms with E-state index in [0.717, 1.165) is 31.7 Å². The first-order chi connectivity index (χ1) is 15.5. The minimum Gasteiger partial charge on any atom is -0.465 e. The van der Waals surface area contributed by atoms with Gasteiger partial charge in [0, 0.05) is 32.4 Å². The van der Waals surface area contributed by atoms with Crippen LogP contribution in [0.2, 0.25) is 18.1 Å². The molecule has 1 fully saturated rings. The second-order valence-electron chi connectivity index (χ2n) is 10.6.